The lowest BCUT2D eigenvalue weighted by molar-refractivity contribution is 0.1000. The van der Waals surface area contributed by atoms with Crippen LogP contribution < -0.4 is 10.5 Å². The molecule has 0 spiro atoms. The van der Waals surface area contributed by atoms with Crippen molar-refractivity contribution in [3.05, 3.63) is 65.7 Å². The fraction of sp³-hybridized carbons (Fsp3) is 0.316. The van der Waals surface area contributed by atoms with Crippen molar-refractivity contribution in [1.29, 1.82) is 0 Å². The van der Waals surface area contributed by atoms with Crippen molar-refractivity contribution in [3.8, 4) is 0 Å². The van der Waals surface area contributed by atoms with Gasteiger partial charge in [0.1, 0.15) is 0 Å². The Bertz CT molecular complexity index is 845. The molecule has 1 fully saturated rings. The maximum atomic E-state index is 12.6. The zero-order chi connectivity index (χ0) is 18.6. The zero-order valence-electron chi connectivity index (χ0n) is 14.5. The predicted octanol–water partition coefficient (Wildman–Crippen LogP) is 1.90. The van der Waals surface area contributed by atoms with E-state index in [-0.39, 0.29) is 16.5 Å². The Morgan fingerprint density at radius 2 is 1.65 bits per heavy atom. The van der Waals surface area contributed by atoms with Crippen LogP contribution in [0.5, 0.6) is 0 Å². The summed E-state index contributed by atoms with van der Waals surface area (Å²) in [7, 11) is -3.66. The molecule has 6 nitrogen and oxygen atoms in total. The van der Waals surface area contributed by atoms with Gasteiger partial charge in [-0.1, -0.05) is 30.3 Å². The molecule has 1 aliphatic rings. The second kappa shape index (κ2) is 7.99. The fourth-order valence-corrected chi connectivity index (χ4v) is 4.29. The molecule has 1 heterocycles. The molecule has 26 heavy (non-hydrogen) atoms. The number of primary amides is 1. The molecule has 1 aliphatic heterocycles. The maximum absolute atomic E-state index is 12.6. The van der Waals surface area contributed by atoms with Crippen LogP contribution in [0.15, 0.2) is 59.5 Å². The van der Waals surface area contributed by atoms with Crippen LogP contribution >= 0.6 is 0 Å². The number of hydrogen-bond donors (Lipinski definition) is 2. The molecule has 138 valence electrons. The van der Waals surface area contributed by atoms with E-state index >= 15 is 0 Å². The summed E-state index contributed by atoms with van der Waals surface area (Å²) >= 11 is 0. The summed E-state index contributed by atoms with van der Waals surface area (Å²) < 4.78 is 28.0. The van der Waals surface area contributed by atoms with Gasteiger partial charge < -0.3 is 5.73 Å². The Morgan fingerprint density at radius 3 is 2.23 bits per heavy atom. The van der Waals surface area contributed by atoms with Gasteiger partial charge in [0, 0.05) is 18.2 Å². The molecule has 1 unspecified atom stereocenters. The second-order valence-electron chi connectivity index (χ2n) is 6.41. The smallest absolute Gasteiger partial charge is 0.248 e. The number of carbonyl (C=O) groups excluding carboxylic acids is 1. The van der Waals surface area contributed by atoms with E-state index in [1.807, 2.05) is 30.3 Å². The summed E-state index contributed by atoms with van der Waals surface area (Å²) in [5.41, 5.74) is 6.58. The molecule has 0 aromatic heterocycles. The molecule has 1 atom stereocenters. The molecular weight excluding hydrogens is 350 g/mol. The van der Waals surface area contributed by atoms with Gasteiger partial charge in [-0.05, 0) is 55.8 Å². The third-order valence-corrected chi connectivity index (χ3v) is 6.12. The van der Waals surface area contributed by atoms with Gasteiger partial charge in [0.15, 0.2) is 0 Å². The largest absolute Gasteiger partial charge is 0.366 e. The van der Waals surface area contributed by atoms with E-state index in [0.717, 1.165) is 31.5 Å². The minimum atomic E-state index is -3.66. The van der Waals surface area contributed by atoms with Crippen molar-refractivity contribution in [2.24, 2.45) is 5.73 Å². The number of nitrogens with two attached hydrogens (primary N) is 1. The van der Waals surface area contributed by atoms with E-state index in [0.29, 0.717) is 6.54 Å². The van der Waals surface area contributed by atoms with Gasteiger partial charge in [-0.3, -0.25) is 9.69 Å². The van der Waals surface area contributed by atoms with Crippen LogP contribution in [0.2, 0.25) is 0 Å². The first-order valence-electron chi connectivity index (χ1n) is 8.66. The first-order chi connectivity index (χ1) is 12.5. The van der Waals surface area contributed by atoms with Crippen molar-refractivity contribution in [3.63, 3.8) is 0 Å². The SMILES string of the molecule is NC(=O)c1ccc(S(=O)(=O)NCC(c2ccccc2)N2CCCC2)cc1. The number of nitrogens with one attached hydrogen (secondary N) is 1. The second-order valence-corrected chi connectivity index (χ2v) is 8.18. The number of benzene rings is 2. The van der Waals surface area contributed by atoms with E-state index in [1.165, 1.54) is 24.3 Å². The van der Waals surface area contributed by atoms with Crippen LogP contribution in [-0.4, -0.2) is 38.9 Å². The summed E-state index contributed by atoms with van der Waals surface area (Å²) in [5.74, 6) is -0.583. The number of amides is 1. The van der Waals surface area contributed by atoms with E-state index < -0.39 is 15.9 Å². The predicted molar refractivity (Wildman–Crippen MR) is 100 cm³/mol. The van der Waals surface area contributed by atoms with E-state index in [2.05, 4.69) is 9.62 Å². The van der Waals surface area contributed by atoms with E-state index in [9.17, 15) is 13.2 Å². The monoisotopic (exact) mass is 373 g/mol. The number of rotatable bonds is 7. The molecule has 1 amide bonds. The lowest BCUT2D eigenvalue weighted by Gasteiger charge is -2.28. The van der Waals surface area contributed by atoms with Crippen LogP contribution in [0.4, 0.5) is 0 Å². The van der Waals surface area contributed by atoms with E-state index in [1.54, 1.807) is 0 Å². The number of hydrogen-bond acceptors (Lipinski definition) is 4. The summed E-state index contributed by atoms with van der Waals surface area (Å²) in [6, 6.07) is 15.6. The van der Waals surface area contributed by atoms with Gasteiger partial charge >= 0.3 is 0 Å². The van der Waals surface area contributed by atoms with Gasteiger partial charge in [-0.15, -0.1) is 0 Å². The van der Waals surface area contributed by atoms with Crippen LogP contribution in [0, 0.1) is 0 Å². The number of nitrogens with zero attached hydrogens (tertiary/aromatic N) is 1. The van der Waals surface area contributed by atoms with Crippen LogP contribution in [0.1, 0.15) is 34.8 Å². The third kappa shape index (κ3) is 4.30. The van der Waals surface area contributed by atoms with Gasteiger partial charge in [-0.25, -0.2) is 13.1 Å². The fourth-order valence-electron chi connectivity index (χ4n) is 3.26. The van der Waals surface area contributed by atoms with Gasteiger partial charge in [0.25, 0.3) is 0 Å². The molecular formula is C19H23N3O3S. The van der Waals surface area contributed by atoms with Crippen molar-refractivity contribution < 1.29 is 13.2 Å². The molecule has 2 aromatic carbocycles. The Hall–Kier alpha value is -2.22. The highest BCUT2D eigenvalue weighted by Gasteiger charge is 2.25. The van der Waals surface area contributed by atoms with Gasteiger partial charge in [0.05, 0.1) is 4.90 Å². The normalized spacial score (nSPS) is 16.5. The van der Waals surface area contributed by atoms with Crippen molar-refractivity contribution in [2.75, 3.05) is 19.6 Å². The topological polar surface area (TPSA) is 92.5 Å². The minimum absolute atomic E-state index is 0.00151. The van der Waals surface area contributed by atoms with Crippen LogP contribution in [0.25, 0.3) is 0 Å². The van der Waals surface area contributed by atoms with Crippen molar-refractivity contribution in [2.45, 2.75) is 23.8 Å². The highest BCUT2D eigenvalue weighted by atomic mass is 32.2. The van der Waals surface area contributed by atoms with Gasteiger partial charge in [-0.2, -0.15) is 0 Å². The lowest BCUT2D eigenvalue weighted by Crippen LogP contribution is -2.36. The Labute approximate surface area is 154 Å². The van der Waals surface area contributed by atoms with Gasteiger partial charge in [0.2, 0.25) is 15.9 Å². The third-order valence-electron chi connectivity index (χ3n) is 4.68. The lowest BCUT2D eigenvalue weighted by atomic mass is 10.1. The highest BCUT2D eigenvalue weighted by molar-refractivity contribution is 7.89. The van der Waals surface area contributed by atoms with Crippen molar-refractivity contribution in [1.82, 2.24) is 9.62 Å². The molecule has 1 saturated heterocycles. The first kappa shape index (κ1) is 18.6. The molecule has 0 aliphatic carbocycles. The zero-order valence-corrected chi connectivity index (χ0v) is 15.3. The molecule has 0 saturated carbocycles. The van der Waals surface area contributed by atoms with Crippen LogP contribution in [-0.2, 0) is 10.0 Å². The summed E-state index contributed by atoms with van der Waals surface area (Å²) in [4.78, 5) is 13.6. The maximum Gasteiger partial charge on any atom is 0.248 e. The summed E-state index contributed by atoms with van der Waals surface area (Å²) in [6.45, 7) is 2.23. The number of likely N-dealkylation sites (tertiary alicyclic amines) is 1. The summed E-state index contributed by atoms with van der Waals surface area (Å²) in [5, 5.41) is 0. The molecule has 3 rings (SSSR count). The standard InChI is InChI=1S/C19H23N3O3S/c20-19(23)16-8-10-17(11-9-16)26(24,25)21-14-18(22-12-4-5-13-22)15-6-2-1-3-7-15/h1-3,6-11,18,21H,4-5,12-14H2,(H2,20,23). The molecule has 3 N–H and O–H groups in total. The highest BCUT2D eigenvalue weighted by Crippen LogP contribution is 2.25. The average Bonchev–Trinajstić information content (AvgIpc) is 3.17. The first-order valence-corrected chi connectivity index (χ1v) is 10.1. The Balaban J connectivity index is 1.76. The molecule has 2 aromatic rings. The molecule has 0 radical (unpaired) electrons. The molecule has 7 heteroatoms. The quantitative estimate of drug-likeness (QED) is 0.775. The van der Waals surface area contributed by atoms with Crippen molar-refractivity contribution >= 4 is 15.9 Å². The Morgan fingerprint density at radius 1 is 1.04 bits per heavy atom. The minimum Gasteiger partial charge on any atom is -0.366 e. The summed E-state index contributed by atoms with van der Waals surface area (Å²) in [6.07, 6.45) is 2.26. The number of sulfonamides is 1. The molecule has 0 bridgehead atoms. The van der Waals surface area contributed by atoms with Crippen LogP contribution in [0.3, 0.4) is 0 Å². The van der Waals surface area contributed by atoms with E-state index in [4.69, 9.17) is 5.73 Å². The number of carbonyl (C=O) groups is 1. The Kier molecular flexibility index (Phi) is 5.70. The average molecular weight is 373 g/mol.